The number of thiocarbonyl (C=S) groups is 1. The monoisotopic (exact) mass is 335 g/mol. The van der Waals surface area contributed by atoms with Crippen LogP contribution >= 0.6 is 12.2 Å². The highest BCUT2D eigenvalue weighted by Crippen LogP contribution is 2.14. The third kappa shape index (κ3) is 6.15. The van der Waals surface area contributed by atoms with E-state index in [2.05, 4.69) is 15.8 Å². The van der Waals surface area contributed by atoms with Crippen LogP contribution in [0.25, 0.3) is 0 Å². The zero-order valence-electron chi connectivity index (χ0n) is 14.0. The molecule has 1 atom stereocenters. The fourth-order valence-corrected chi connectivity index (χ4v) is 2.43. The van der Waals surface area contributed by atoms with Crippen LogP contribution in [-0.4, -0.2) is 36.2 Å². The standard InChI is InChI=1S/C17H25N3O2S/c1-12(2)22-15-8-6-14(7-9-15)13(3)19-20-17(23)18-11-16-5-4-10-21-16/h6-9,12,16H,4-5,10-11H2,1-3H3,(H2,18,20,23)/b19-13-/t16-/m0/s1. The fraction of sp³-hybridized carbons (Fsp3) is 0.529. The van der Waals surface area contributed by atoms with Crippen LogP contribution in [-0.2, 0) is 4.74 Å². The van der Waals surface area contributed by atoms with Crippen LogP contribution < -0.4 is 15.5 Å². The summed E-state index contributed by atoms with van der Waals surface area (Å²) in [7, 11) is 0. The predicted octanol–water partition coefficient (Wildman–Crippen LogP) is 2.84. The summed E-state index contributed by atoms with van der Waals surface area (Å²) < 4.78 is 11.2. The van der Waals surface area contributed by atoms with E-state index in [1.165, 1.54) is 0 Å². The van der Waals surface area contributed by atoms with Crippen molar-refractivity contribution in [1.82, 2.24) is 10.7 Å². The molecule has 0 unspecified atom stereocenters. The smallest absolute Gasteiger partial charge is 0.187 e. The minimum absolute atomic E-state index is 0.171. The van der Waals surface area contributed by atoms with Crippen molar-refractivity contribution in [2.24, 2.45) is 5.10 Å². The maximum absolute atomic E-state index is 5.63. The fourth-order valence-electron chi connectivity index (χ4n) is 2.30. The maximum atomic E-state index is 5.63. The van der Waals surface area contributed by atoms with E-state index in [1.807, 2.05) is 45.0 Å². The highest BCUT2D eigenvalue weighted by Gasteiger charge is 2.15. The van der Waals surface area contributed by atoms with E-state index in [-0.39, 0.29) is 12.2 Å². The van der Waals surface area contributed by atoms with Gasteiger partial charge in [0.05, 0.1) is 17.9 Å². The van der Waals surface area contributed by atoms with Crippen LogP contribution in [0, 0.1) is 0 Å². The lowest BCUT2D eigenvalue weighted by Crippen LogP contribution is -2.37. The van der Waals surface area contributed by atoms with Gasteiger partial charge in [-0.2, -0.15) is 5.10 Å². The summed E-state index contributed by atoms with van der Waals surface area (Å²) in [6.07, 6.45) is 2.64. The quantitative estimate of drug-likeness (QED) is 0.476. The molecule has 5 nitrogen and oxygen atoms in total. The van der Waals surface area contributed by atoms with Crippen molar-refractivity contribution in [2.45, 2.75) is 45.8 Å². The van der Waals surface area contributed by atoms with Crippen LogP contribution in [0.3, 0.4) is 0 Å². The Kier molecular flexibility index (Phi) is 6.80. The zero-order chi connectivity index (χ0) is 16.7. The third-order valence-electron chi connectivity index (χ3n) is 3.48. The van der Waals surface area contributed by atoms with Crippen molar-refractivity contribution in [2.75, 3.05) is 13.2 Å². The highest BCUT2D eigenvalue weighted by atomic mass is 32.1. The van der Waals surface area contributed by atoms with Crippen molar-refractivity contribution in [3.05, 3.63) is 29.8 Å². The Morgan fingerprint density at radius 3 is 2.74 bits per heavy atom. The Bertz CT molecular complexity index is 537. The van der Waals surface area contributed by atoms with Crippen molar-refractivity contribution >= 4 is 23.0 Å². The van der Waals surface area contributed by atoms with E-state index in [9.17, 15) is 0 Å². The number of hydrogen-bond donors (Lipinski definition) is 2. The van der Waals surface area contributed by atoms with Gasteiger partial charge in [-0.3, -0.25) is 5.43 Å². The number of ether oxygens (including phenoxy) is 2. The lowest BCUT2D eigenvalue weighted by molar-refractivity contribution is 0.114. The first-order chi connectivity index (χ1) is 11.0. The molecule has 0 spiro atoms. The van der Waals surface area contributed by atoms with E-state index < -0.39 is 0 Å². The summed E-state index contributed by atoms with van der Waals surface area (Å²) in [5, 5.41) is 7.96. The second-order valence-corrected chi connectivity index (χ2v) is 6.25. The Labute approximate surface area is 143 Å². The van der Waals surface area contributed by atoms with E-state index in [1.54, 1.807) is 0 Å². The average Bonchev–Trinajstić information content (AvgIpc) is 3.04. The lowest BCUT2D eigenvalue weighted by atomic mass is 10.1. The second kappa shape index (κ2) is 8.84. The molecule has 0 amide bonds. The van der Waals surface area contributed by atoms with Gasteiger partial charge in [0.1, 0.15) is 5.75 Å². The topological polar surface area (TPSA) is 54.9 Å². The molecule has 1 fully saturated rings. The molecule has 1 aromatic carbocycles. The second-order valence-electron chi connectivity index (χ2n) is 5.85. The molecule has 1 aliphatic rings. The van der Waals surface area contributed by atoms with Crippen molar-refractivity contribution in [3.8, 4) is 5.75 Å². The molecular formula is C17H25N3O2S. The van der Waals surface area contributed by atoms with Gasteiger partial charge in [-0.15, -0.1) is 0 Å². The third-order valence-corrected chi connectivity index (χ3v) is 3.72. The molecule has 0 bridgehead atoms. The molecular weight excluding hydrogens is 310 g/mol. The normalized spacial score (nSPS) is 18.1. The Hall–Kier alpha value is -1.66. The van der Waals surface area contributed by atoms with Gasteiger partial charge in [0.2, 0.25) is 0 Å². The number of nitrogens with one attached hydrogen (secondary N) is 2. The summed E-state index contributed by atoms with van der Waals surface area (Å²) >= 11 is 5.22. The Balaban J connectivity index is 1.80. The van der Waals surface area contributed by atoms with Crippen LogP contribution in [0.4, 0.5) is 0 Å². The summed E-state index contributed by atoms with van der Waals surface area (Å²) in [5.74, 6) is 0.860. The number of hydrogen-bond acceptors (Lipinski definition) is 4. The first kappa shape index (κ1) is 17.7. The number of hydrazone groups is 1. The molecule has 0 radical (unpaired) electrons. The molecule has 1 aliphatic heterocycles. The SMILES string of the molecule is C/C(=N/NC(=S)NC[C@@H]1CCCO1)c1ccc(OC(C)C)cc1. The molecule has 0 aliphatic carbocycles. The Morgan fingerprint density at radius 1 is 1.39 bits per heavy atom. The summed E-state index contributed by atoms with van der Waals surface area (Å²) in [5.41, 5.74) is 4.76. The van der Waals surface area contributed by atoms with Gasteiger partial charge in [0, 0.05) is 13.2 Å². The molecule has 23 heavy (non-hydrogen) atoms. The molecule has 6 heteroatoms. The minimum Gasteiger partial charge on any atom is -0.491 e. The van der Waals surface area contributed by atoms with Gasteiger partial charge in [-0.25, -0.2) is 0 Å². The lowest BCUT2D eigenvalue weighted by Gasteiger charge is -2.12. The molecule has 2 N–H and O–H groups in total. The summed E-state index contributed by atoms with van der Waals surface area (Å²) in [4.78, 5) is 0. The maximum Gasteiger partial charge on any atom is 0.187 e. The molecule has 2 rings (SSSR count). The summed E-state index contributed by atoms with van der Waals surface area (Å²) in [6, 6.07) is 7.87. The number of rotatable bonds is 6. The van der Waals surface area contributed by atoms with Crippen LogP contribution in [0.2, 0.25) is 0 Å². The van der Waals surface area contributed by atoms with Gasteiger partial charge >= 0.3 is 0 Å². The van der Waals surface area contributed by atoms with Gasteiger partial charge < -0.3 is 14.8 Å². The van der Waals surface area contributed by atoms with E-state index in [0.29, 0.717) is 5.11 Å². The average molecular weight is 335 g/mol. The van der Waals surface area contributed by atoms with Crippen molar-refractivity contribution < 1.29 is 9.47 Å². The van der Waals surface area contributed by atoms with Gasteiger partial charge in [-0.05, 0) is 75.7 Å². The first-order valence-electron chi connectivity index (χ1n) is 8.01. The number of nitrogens with zero attached hydrogens (tertiary/aromatic N) is 1. The van der Waals surface area contributed by atoms with Crippen LogP contribution in [0.1, 0.15) is 39.2 Å². The van der Waals surface area contributed by atoms with Crippen molar-refractivity contribution in [3.63, 3.8) is 0 Å². The van der Waals surface area contributed by atoms with Crippen LogP contribution in [0.15, 0.2) is 29.4 Å². The predicted molar refractivity (Wildman–Crippen MR) is 97.1 cm³/mol. The minimum atomic E-state index is 0.171. The van der Waals surface area contributed by atoms with Crippen molar-refractivity contribution in [1.29, 1.82) is 0 Å². The van der Waals surface area contributed by atoms with Gasteiger partial charge in [-0.1, -0.05) is 0 Å². The van der Waals surface area contributed by atoms with Crippen LogP contribution in [0.5, 0.6) is 5.75 Å². The summed E-state index contributed by atoms with van der Waals surface area (Å²) in [6.45, 7) is 7.53. The van der Waals surface area contributed by atoms with E-state index >= 15 is 0 Å². The Morgan fingerprint density at radius 2 is 2.13 bits per heavy atom. The molecule has 0 aromatic heterocycles. The van der Waals surface area contributed by atoms with Gasteiger partial charge in [0.25, 0.3) is 0 Å². The zero-order valence-corrected chi connectivity index (χ0v) is 14.8. The number of benzene rings is 1. The molecule has 1 saturated heterocycles. The first-order valence-corrected chi connectivity index (χ1v) is 8.42. The molecule has 126 valence electrons. The molecule has 1 heterocycles. The molecule has 0 saturated carbocycles. The largest absolute Gasteiger partial charge is 0.491 e. The van der Waals surface area contributed by atoms with E-state index in [0.717, 1.165) is 43.0 Å². The molecule has 1 aromatic rings. The van der Waals surface area contributed by atoms with E-state index in [4.69, 9.17) is 21.7 Å². The highest BCUT2D eigenvalue weighted by molar-refractivity contribution is 7.80. The van der Waals surface area contributed by atoms with Gasteiger partial charge in [0.15, 0.2) is 5.11 Å².